The summed E-state index contributed by atoms with van der Waals surface area (Å²) in [5.41, 5.74) is 15.4. The fourth-order valence-corrected chi connectivity index (χ4v) is 9.74. The molecule has 0 radical (unpaired) electrons. The lowest BCUT2D eigenvalue weighted by atomic mass is 9.85. The van der Waals surface area contributed by atoms with Gasteiger partial charge in [-0.2, -0.15) is 0 Å². The van der Waals surface area contributed by atoms with Crippen LogP contribution in [0.25, 0.3) is 77.5 Å². The Morgan fingerprint density at radius 1 is 0.400 bits per heavy atom. The van der Waals surface area contributed by atoms with Gasteiger partial charge < -0.3 is 9.13 Å². The molecule has 0 spiro atoms. The van der Waals surface area contributed by atoms with Gasteiger partial charge in [-0.1, -0.05) is 132 Å². The minimum Gasteiger partial charge on any atom is -0.309 e. The van der Waals surface area contributed by atoms with E-state index in [1.54, 1.807) is 0 Å². The van der Waals surface area contributed by atoms with Crippen LogP contribution in [0.1, 0.15) is 111 Å². The Labute approximate surface area is 385 Å². The Morgan fingerprint density at radius 3 is 0.892 bits per heavy atom. The van der Waals surface area contributed by atoms with Crippen LogP contribution >= 0.6 is 0 Å². The van der Waals surface area contributed by atoms with E-state index in [-0.39, 0.29) is 26.8 Å². The largest absolute Gasteiger partial charge is 0.309 e. The highest BCUT2D eigenvalue weighted by atomic mass is 32.2. The second-order valence-electron chi connectivity index (χ2n) is 22.3. The number of hydrogen-bond donors (Lipinski definition) is 0. The highest BCUT2D eigenvalue weighted by Gasteiger charge is 2.25. The molecular weight excluding hydrogens is 817 g/mol. The molecule has 0 fully saturated rings. The van der Waals surface area contributed by atoms with E-state index in [2.05, 4.69) is 189 Å². The second-order valence-corrected chi connectivity index (χ2v) is 24.2. The summed E-state index contributed by atoms with van der Waals surface area (Å²) in [4.78, 5) is 9.45. The first kappa shape index (κ1) is 44.2. The van der Waals surface area contributed by atoms with Crippen molar-refractivity contribution < 1.29 is 8.42 Å². The number of rotatable bonds is 5. The third kappa shape index (κ3) is 7.86. The van der Waals surface area contributed by atoms with Crippen LogP contribution in [0.4, 0.5) is 0 Å². The maximum Gasteiger partial charge on any atom is 0.247 e. The smallest absolute Gasteiger partial charge is 0.247 e. The predicted octanol–water partition coefficient (Wildman–Crippen LogP) is 14.9. The highest BCUT2D eigenvalue weighted by Crippen LogP contribution is 2.41. The number of aromatic nitrogens is 4. The summed E-state index contributed by atoms with van der Waals surface area (Å²) in [6.07, 6.45) is 1.17. The Bertz CT molecular complexity index is 3110. The summed E-state index contributed by atoms with van der Waals surface area (Å²) in [6.45, 7) is 29.1. The summed E-state index contributed by atoms with van der Waals surface area (Å²) in [7, 11) is -3.75. The van der Waals surface area contributed by atoms with Gasteiger partial charge in [0.05, 0.1) is 33.5 Å². The van der Waals surface area contributed by atoms with Gasteiger partial charge in [0, 0.05) is 55.9 Å². The zero-order valence-corrected chi connectivity index (χ0v) is 41.4. The molecule has 0 atom stereocenters. The predicted molar refractivity (Wildman–Crippen MR) is 274 cm³/mol. The standard InChI is InChI=1S/C58H62N4O2S/c1-35-52(36-15-23-42(24-16-36)61-48-27-19-38(55(2,3)4)31-44(48)45-32-39(56(5,6)7)20-28-49(45)61)59-54(65(14,63)64)60-53(35)37-17-25-43(26-18-37)62-50-29-21-40(57(8,9)10)33-46(50)47-34-41(58(11,12)13)22-30-51(47)62/h15-34H,1-14H3. The molecule has 0 aliphatic rings. The van der Waals surface area contributed by atoms with Gasteiger partial charge >= 0.3 is 0 Å². The van der Waals surface area contributed by atoms with E-state index < -0.39 is 9.84 Å². The van der Waals surface area contributed by atoms with Crippen LogP contribution in [-0.2, 0) is 31.5 Å². The molecule has 332 valence electrons. The molecule has 0 N–H and O–H groups in total. The van der Waals surface area contributed by atoms with E-state index in [1.807, 2.05) is 31.2 Å². The number of nitrogens with zero attached hydrogens (tertiary/aromatic N) is 4. The first-order valence-electron chi connectivity index (χ1n) is 22.8. The first-order chi connectivity index (χ1) is 30.3. The first-order valence-corrected chi connectivity index (χ1v) is 24.7. The van der Waals surface area contributed by atoms with Crippen LogP contribution in [0.5, 0.6) is 0 Å². The topological polar surface area (TPSA) is 69.8 Å². The molecule has 3 aromatic heterocycles. The van der Waals surface area contributed by atoms with Crippen LogP contribution < -0.4 is 0 Å². The van der Waals surface area contributed by atoms with E-state index in [4.69, 9.17) is 9.97 Å². The van der Waals surface area contributed by atoms with Gasteiger partial charge in [0.2, 0.25) is 15.0 Å². The summed E-state index contributed by atoms with van der Waals surface area (Å²) >= 11 is 0. The lowest BCUT2D eigenvalue weighted by molar-refractivity contribution is 0.590. The molecule has 7 heteroatoms. The average molecular weight is 879 g/mol. The number of fused-ring (bicyclic) bond motifs is 6. The lowest BCUT2D eigenvalue weighted by Gasteiger charge is -2.19. The van der Waals surface area contributed by atoms with Crippen LogP contribution in [0, 0.1) is 6.92 Å². The maximum absolute atomic E-state index is 13.2. The molecule has 3 heterocycles. The van der Waals surface area contributed by atoms with Crippen molar-refractivity contribution in [2.45, 2.75) is 117 Å². The molecule has 6 aromatic carbocycles. The quantitative estimate of drug-likeness (QED) is 0.162. The summed E-state index contributed by atoms with van der Waals surface area (Å²) < 4.78 is 31.1. The molecule has 0 saturated carbocycles. The molecule has 0 bridgehead atoms. The zero-order chi connectivity index (χ0) is 46.8. The van der Waals surface area contributed by atoms with E-state index in [0.717, 1.165) is 50.1 Å². The van der Waals surface area contributed by atoms with Crippen molar-refractivity contribution >= 4 is 53.4 Å². The van der Waals surface area contributed by atoms with Crippen molar-refractivity contribution in [3.63, 3.8) is 0 Å². The van der Waals surface area contributed by atoms with Gasteiger partial charge in [0.25, 0.3) is 0 Å². The van der Waals surface area contributed by atoms with Crippen molar-refractivity contribution in [1.29, 1.82) is 0 Å². The number of benzene rings is 6. The van der Waals surface area contributed by atoms with Crippen molar-refractivity contribution in [1.82, 2.24) is 19.1 Å². The molecule has 9 aromatic rings. The van der Waals surface area contributed by atoms with Gasteiger partial charge in [-0.15, -0.1) is 0 Å². The Hall–Kier alpha value is -6.05. The average Bonchev–Trinajstić information content (AvgIpc) is 3.74. The molecule has 0 unspecified atom stereocenters. The SMILES string of the molecule is Cc1c(-c2ccc(-n3c4ccc(C(C)(C)C)cc4c4cc(C(C)(C)C)ccc43)cc2)nc(S(C)(=O)=O)nc1-c1ccc(-n2c3ccc(C(C)(C)C)cc3c3cc(C(C)(C)C)ccc32)cc1. The monoisotopic (exact) mass is 878 g/mol. The summed E-state index contributed by atoms with van der Waals surface area (Å²) in [5, 5.41) is 4.71. The minimum atomic E-state index is -3.75. The van der Waals surface area contributed by atoms with Gasteiger partial charge in [-0.3, -0.25) is 0 Å². The molecule has 6 nitrogen and oxygen atoms in total. The molecule has 0 aliphatic heterocycles. The van der Waals surface area contributed by atoms with Crippen LogP contribution in [0.15, 0.2) is 126 Å². The van der Waals surface area contributed by atoms with E-state index in [0.29, 0.717) is 11.4 Å². The van der Waals surface area contributed by atoms with Crippen LogP contribution in [-0.4, -0.2) is 33.8 Å². The van der Waals surface area contributed by atoms with Crippen molar-refractivity contribution in [2.24, 2.45) is 0 Å². The Kier molecular flexibility index (Phi) is 10.2. The Morgan fingerprint density at radius 2 is 0.662 bits per heavy atom. The third-order valence-corrected chi connectivity index (χ3v) is 14.1. The highest BCUT2D eigenvalue weighted by molar-refractivity contribution is 7.90. The van der Waals surface area contributed by atoms with Gasteiger partial charge in [0.1, 0.15) is 0 Å². The molecule has 0 saturated heterocycles. The lowest BCUT2D eigenvalue weighted by Crippen LogP contribution is -2.10. The normalized spacial score (nSPS) is 13.2. The van der Waals surface area contributed by atoms with Crippen molar-refractivity contribution in [3.8, 4) is 33.9 Å². The van der Waals surface area contributed by atoms with Crippen molar-refractivity contribution in [2.75, 3.05) is 6.26 Å². The third-order valence-electron chi connectivity index (χ3n) is 13.2. The van der Waals surface area contributed by atoms with E-state index in [9.17, 15) is 8.42 Å². The van der Waals surface area contributed by atoms with Gasteiger partial charge in [-0.25, -0.2) is 18.4 Å². The molecule has 9 rings (SSSR count). The molecule has 65 heavy (non-hydrogen) atoms. The van der Waals surface area contributed by atoms with Gasteiger partial charge in [0.15, 0.2) is 0 Å². The minimum absolute atomic E-state index is 0.00683. The van der Waals surface area contributed by atoms with Crippen LogP contribution in [0.3, 0.4) is 0 Å². The number of sulfone groups is 1. The molecular formula is C58H62N4O2S. The Balaban J connectivity index is 1.15. The molecule has 0 aliphatic carbocycles. The van der Waals surface area contributed by atoms with Crippen molar-refractivity contribution in [3.05, 3.63) is 149 Å². The van der Waals surface area contributed by atoms with Gasteiger partial charge in [-0.05, 0) is 124 Å². The van der Waals surface area contributed by atoms with Crippen LogP contribution in [0.2, 0.25) is 0 Å². The fourth-order valence-electron chi connectivity index (χ4n) is 9.23. The number of hydrogen-bond acceptors (Lipinski definition) is 4. The molecule has 0 amide bonds. The summed E-state index contributed by atoms with van der Waals surface area (Å²) in [5.74, 6) is 0. The van der Waals surface area contributed by atoms with E-state index >= 15 is 0 Å². The summed E-state index contributed by atoms with van der Waals surface area (Å²) in [6, 6.07) is 44.0. The maximum atomic E-state index is 13.2. The second kappa shape index (κ2) is 15.0. The zero-order valence-electron chi connectivity index (χ0n) is 40.6. The fraction of sp³-hybridized carbons (Fsp3) is 0.310. The van der Waals surface area contributed by atoms with E-state index in [1.165, 1.54) is 50.1 Å².